The van der Waals surface area contributed by atoms with Crippen molar-refractivity contribution in [1.82, 2.24) is 9.97 Å². The Kier molecular flexibility index (Phi) is 2.37. The molecule has 0 bridgehead atoms. The number of carbonyl (C=O) groups excluding carboxylic acids is 1. The highest BCUT2D eigenvalue weighted by Crippen LogP contribution is 2.02. The summed E-state index contributed by atoms with van der Waals surface area (Å²) >= 11 is 0. The summed E-state index contributed by atoms with van der Waals surface area (Å²) in [5.41, 5.74) is 4.84. The number of carbonyl (C=O) groups is 1. The molecule has 1 heterocycles. The minimum absolute atomic E-state index is 0.0220. The predicted molar refractivity (Wildman–Crippen MR) is 41.9 cm³/mol. The fourth-order valence-electron chi connectivity index (χ4n) is 0.574. The van der Waals surface area contributed by atoms with Gasteiger partial charge in [-0.25, -0.2) is 9.97 Å². The molecule has 0 atom stereocenters. The van der Waals surface area contributed by atoms with Crippen LogP contribution >= 0.6 is 0 Å². The third kappa shape index (κ3) is 2.37. The molecule has 5 nitrogen and oxygen atoms in total. The van der Waals surface area contributed by atoms with E-state index in [0.29, 0.717) is 5.82 Å². The number of rotatable bonds is 2. The summed E-state index contributed by atoms with van der Waals surface area (Å²) in [6.07, 6.45) is 4.97. The summed E-state index contributed by atoms with van der Waals surface area (Å²) < 4.78 is 0. The van der Waals surface area contributed by atoms with Crippen molar-refractivity contribution in [2.45, 2.75) is 0 Å². The van der Waals surface area contributed by atoms with Gasteiger partial charge >= 0.3 is 0 Å². The molecule has 0 fully saturated rings. The number of nitrogens with two attached hydrogens (primary N) is 1. The minimum Gasteiger partial charge on any atom is -0.505 e. The van der Waals surface area contributed by atoms with Gasteiger partial charge in [0.2, 0.25) is 5.91 Å². The van der Waals surface area contributed by atoms with Crippen LogP contribution < -0.4 is 5.73 Å². The van der Waals surface area contributed by atoms with E-state index in [2.05, 4.69) is 9.97 Å². The highest BCUT2D eigenvalue weighted by molar-refractivity contribution is 5.89. The Morgan fingerprint density at radius 1 is 1.50 bits per heavy atom. The van der Waals surface area contributed by atoms with Crippen molar-refractivity contribution in [1.29, 1.82) is 0 Å². The molecule has 1 amide bonds. The summed E-state index contributed by atoms with van der Waals surface area (Å²) in [5.74, 6) is -0.260. The lowest BCUT2D eigenvalue weighted by atomic mass is 10.4. The normalized spacial score (nSPS) is 10.3. The van der Waals surface area contributed by atoms with E-state index in [4.69, 9.17) is 10.8 Å². The maximum Gasteiger partial charge on any atom is 0.241 e. The van der Waals surface area contributed by atoms with Crippen LogP contribution in [0.5, 0.6) is 5.75 Å². The molecule has 1 aromatic heterocycles. The molecule has 0 aliphatic rings. The fraction of sp³-hybridized carbons (Fsp3) is 0. The van der Waals surface area contributed by atoms with Gasteiger partial charge in [-0.3, -0.25) is 4.79 Å². The van der Waals surface area contributed by atoms with Crippen molar-refractivity contribution in [2.24, 2.45) is 5.73 Å². The largest absolute Gasteiger partial charge is 0.505 e. The Morgan fingerprint density at radius 3 is 2.58 bits per heavy atom. The second kappa shape index (κ2) is 3.47. The van der Waals surface area contributed by atoms with E-state index in [1.165, 1.54) is 18.5 Å². The van der Waals surface area contributed by atoms with Crippen LogP contribution in [0.15, 0.2) is 18.5 Å². The number of aromatic hydroxyl groups is 1. The molecule has 0 aliphatic carbocycles. The Balaban J connectivity index is 2.77. The SMILES string of the molecule is NC(=O)C=Cc1ncc(O)cn1. The van der Waals surface area contributed by atoms with Crippen LogP contribution in [0.3, 0.4) is 0 Å². The van der Waals surface area contributed by atoms with Crippen LogP contribution in [0.1, 0.15) is 5.82 Å². The Hall–Kier alpha value is -1.91. The average Bonchev–Trinajstić information content (AvgIpc) is 2.03. The van der Waals surface area contributed by atoms with E-state index in [-0.39, 0.29) is 5.75 Å². The Bertz CT molecular complexity index is 305. The zero-order valence-corrected chi connectivity index (χ0v) is 6.14. The van der Waals surface area contributed by atoms with Crippen molar-refractivity contribution in [2.75, 3.05) is 0 Å². The van der Waals surface area contributed by atoms with Gasteiger partial charge in [-0.2, -0.15) is 0 Å². The maximum absolute atomic E-state index is 10.3. The second-order valence-corrected chi connectivity index (χ2v) is 2.04. The number of nitrogens with zero attached hydrogens (tertiary/aromatic N) is 2. The Morgan fingerprint density at radius 2 is 2.08 bits per heavy atom. The van der Waals surface area contributed by atoms with Gasteiger partial charge in [0.15, 0.2) is 11.6 Å². The van der Waals surface area contributed by atoms with Crippen LogP contribution in [-0.4, -0.2) is 21.0 Å². The van der Waals surface area contributed by atoms with E-state index in [1.807, 2.05) is 0 Å². The van der Waals surface area contributed by atoms with Gasteiger partial charge in [-0.15, -0.1) is 0 Å². The van der Waals surface area contributed by atoms with Gasteiger partial charge in [0.1, 0.15) is 0 Å². The first-order valence-electron chi connectivity index (χ1n) is 3.17. The van der Waals surface area contributed by atoms with Crippen LogP contribution in [0.2, 0.25) is 0 Å². The molecule has 0 aliphatic heterocycles. The van der Waals surface area contributed by atoms with E-state index >= 15 is 0 Å². The number of amides is 1. The molecular weight excluding hydrogens is 158 g/mol. The fourth-order valence-corrected chi connectivity index (χ4v) is 0.574. The molecule has 12 heavy (non-hydrogen) atoms. The lowest BCUT2D eigenvalue weighted by molar-refractivity contribution is -0.113. The molecule has 0 spiro atoms. The quantitative estimate of drug-likeness (QED) is 0.588. The second-order valence-electron chi connectivity index (χ2n) is 2.04. The standard InChI is InChI=1S/C7H7N3O2/c8-6(12)1-2-7-9-3-5(11)4-10-7/h1-4,11H,(H2,8,12). The average molecular weight is 165 g/mol. The highest BCUT2D eigenvalue weighted by atomic mass is 16.3. The zero-order chi connectivity index (χ0) is 8.97. The van der Waals surface area contributed by atoms with E-state index < -0.39 is 5.91 Å². The van der Waals surface area contributed by atoms with Crippen LogP contribution in [0.4, 0.5) is 0 Å². The molecule has 5 heteroatoms. The first-order chi connectivity index (χ1) is 5.68. The van der Waals surface area contributed by atoms with Crippen molar-refractivity contribution >= 4 is 12.0 Å². The summed E-state index contributed by atoms with van der Waals surface area (Å²) in [4.78, 5) is 17.7. The van der Waals surface area contributed by atoms with Crippen molar-refractivity contribution in [3.8, 4) is 5.75 Å². The lowest BCUT2D eigenvalue weighted by Gasteiger charge is -1.90. The van der Waals surface area contributed by atoms with E-state index in [9.17, 15) is 4.79 Å². The van der Waals surface area contributed by atoms with Crippen LogP contribution in [-0.2, 0) is 4.79 Å². The van der Waals surface area contributed by atoms with Gasteiger partial charge in [-0.05, 0) is 6.08 Å². The van der Waals surface area contributed by atoms with Gasteiger partial charge in [0, 0.05) is 6.08 Å². The van der Waals surface area contributed by atoms with Crippen molar-refractivity contribution < 1.29 is 9.90 Å². The van der Waals surface area contributed by atoms with Crippen LogP contribution in [0, 0.1) is 0 Å². The Labute approximate surface area is 68.6 Å². The summed E-state index contributed by atoms with van der Waals surface area (Å²) in [6, 6.07) is 0. The smallest absolute Gasteiger partial charge is 0.241 e. The number of hydrogen-bond acceptors (Lipinski definition) is 4. The summed E-state index contributed by atoms with van der Waals surface area (Å²) in [7, 11) is 0. The molecule has 0 unspecified atom stereocenters. The van der Waals surface area contributed by atoms with Gasteiger partial charge in [0.05, 0.1) is 12.4 Å². The number of primary amides is 1. The maximum atomic E-state index is 10.3. The molecule has 1 aromatic rings. The summed E-state index contributed by atoms with van der Waals surface area (Å²) in [6.45, 7) is 0. The van der Waals surface area contributed by atoms with E-state index in [0.717, 1.165) is 6.08 Å². The molecule has 0 saturated heterocycles. The monoisotopic (exact) mass is 165 g/mol. The third-order valence-corrected chi connectivity index (χ3v) is 1.05. The first kappa shape index (κ1) is 8.19. The lowest BCUT2D eigenvalue weighted by Crippen LogP contribution is -2.05. The predicted octanol–water partition coefficient (Wildman–Crippen LogP) is -0.319. The number of aromatic nitrogens is 2. The van der Waals surface area contributed by atoms with Gasteiger partial charge in [-0.1, -0.05) is 0 Å². The topological polar surface area (TPSA) is 89.1 Å². The molecule has 3 N–H and O–H groups in total. The minimum atomic E-state index is -0.563. The number of hydrogen-bond donors (Lipinski definition) is 2. The first-order valence-corrected chi connectivity index (χ1v) is 3.17. The molecular formula is C7H7N3O2. The highest BCUT2D eigenvalue weighted by Gasteiger charge is 1.91. The van der Waals surface area contributed by atoms with E-state index in [1.54, 1.807) is 0 Å². The molecule has 1 rings (SSSR count). The molecule has 0 saturated carbocycles. The van der Waals surface area contributed by atoms with Crippen molar-refractivity contribution in [3.05, 3.63) is 24.3 Å². The third-order valence-electron chi connectivity index (χ3n) is 1.05. The zero-order valence-electron chi connectivity index (χ0n) is 6.14. The van der Waals surface area contributed by atoms with Gasteiger partial charge in [0.25, 0.3) is 0 Å². The van der Waals surface area contributed by atoms with Gasteiger partial charge < -0.3 is 10.8 Å². The summed E-state index contributed by atoms with van der Waals surface area (Å²) in [5, 5.41) is 8.79. The molecule has 0 aromatic carbocycles. The van der Waals surface area contributed by atoms with Crippen molar-refractivity contribution in [3.63, 3.8) is 0 Å². The molecule has 0 radical (unpaired) electrons. The van der Waals surface area contributed by atoms with Crippen LogP contribution in [0.25, 0.3) is 6.08 Å². The molecule has 62 valence electrons.